The van der Waals surface area contributed by atoms with Crippen molar-refractivity contribution in [1.82, 2.24) is 9.80 Å². The fourth-order valence-corrected chi connectivity index (χ4v) is 3.95. The van der Waals surface area contributed by atoms with Crippen LogP contribution in [0.3, 0.4) is 0 Å². The fraction of sp³-hybridized carbons (Fsp3) is 0.619. The maximum absolute atomic E-state index is 12.8. The van der Waals surface area contributed by atoms with E-state index in [4.69, 9.17) is 10.5 Å². The Labute approximate surface area is 167 Å². The van der Waals surface area contributed by atoms with Crippen molar-refractivity contribution in [2.45, 2.75) is 38.8 Å². The van der Waals surface area contributed by atoms with Gasteiger partial charge in [0.1, 0.15) is 5.54 Å². The molecule has 0 aromatic heterocycles. The Morgan fingerprint density at radius 1 is 1.18 bits per heavy atom. The highest BCUT2D eigenvalue weighted by atomic mass is 16.5. The molecular formula is C21H32N4O3. The van der Waals surface area contributed by atoms with Gasteiger partial charge in [-0.15, -0.1) is 0 Å². The van der Waals surface area contributed by atoms with Gasteiger partial charge in [-0.1, -0.05) is 13.8 Å². The summed E-state index contributed by atoms with van der Waals surface area (Å²) in [5.41, 5.74) is 6.28. The number of benzene rings is 1. The summed E-state index contributed by atoms with van der Waals surface area (Å²) >= 11 is 0. The van der Waals surface area contributed by atoms with Crippen molar-refractivity contribution in [1.29, 1.82) is 0 Å². The Bertz CT molecular complexity index is 726. The second-order valence-corrected chi connectivity index (χ2v) is 8.47. The summed E-state index contributed by atoms with van der Waals surface area (Å²) in [5.74, 6) is -0.187. The van der Waals surface area contributed by atoms with E-state index in [1.54, 1.807) is 24.3 Å². The third kappa shape index (κ3) is 3.66. The van der Waals surface area contributed by atoms with Gasteiger partial charge in [-0.2, -0.15) is 0 Å². The van der Waals surface area contributed by atoms with Crippen LogP contribution in [0.2, 0.25) is 0 Å². The van der Waals surface area contributed by atoms with Gasteiger partial charge in [-0.3, -0.25) is 9.59 Å². The summed E-state index contributed by atoms with van der Waals surface area (Å²) in [6, 6.07) is 7.04. The predicted molar refractivity (Wildman–Crippen MR) is 109 cm³/mol. The number of anilines is 1. The van der Waals surface area contributed by atoms with Crippen LogP contribution in [-0.2, 0) is 9.53 Å². The molecule has 2 fully saturated rings. The van der Waals surface area contributed by atoms with Crippen molar-refractivity contribution in [3.05, 3.63) is 29.8 Å². The number of rotatable bonds is 5. The first kappa shape index (κ1) is 20.8. The Kier molecular flexibility index (Phi) is 5.79. The molecule has 1 aromatic rings. The van der Waals surface area contributed by atoms with Gasteiger partial charge in [0, 0.05) is 55.9 Å². The lowest BCUT2D eigenvalue weighted by Crippen LogP contribution is -2.74. The molecule has 1 saturated carbocycles. The average Bonchev–Trinajstić information content (AvgIpc) is 2.68. The molecule has 3 rings (SSSR count). The quantitative estimate of drug-likeness (QED) is 0.799. The number of hydrogen-bond acceptors (Lipinski definition) is 5. The standard InChI is InChI=1S/C21H32N4O3/c1-5-28-17-14-21(22,20(17,2)3)19(27)23-16-8-6-15(7-9-16)18(26)25-12-10-24(4)11-13-25/h6-9,17H,5,10-14,22H2,1-4H3,(H,23,27). The summed E-state index contributed by atoms with van der Waals surface area (Å²) in [7, 11) is 2.06. The summed E-state index contributed by atoms with van der Waals surface area (Å²) in [5, 5.41) is 2.90. The van der Waals surface area contributed by atoms with E-state index in [0.717, 1.165) is 26.2 Å². The molecule has 1 saturated heterocycles. The van der Waals surface area contributed by atoms with E-state index in [1.807, 2.05) is 25.7 Å². The smallest absolute Gasteiger partial charge is 0.253 e. The van der Waals surface area contributed by atoms with Crippen LogP contribution in [0, 0.1) is 5.41 Å². The number of amides is 2. The number of likely N-dealkylation sites (N-methyl/N-ethyl adjacent to an activating group) is 1. The van der Waals surface area contributed by atoms with Crippen molar-refractivity contribution in [2.24, 2.45) is 11.1 Å². The number of carbonyl (C=O) groups excluding carboxylic acids is 2. The largest absolute Gasteiger partial charge is 0.378 e. The zero-order valence-corrected chi connectivity index (χ0v) is 17.3. The van der Waals surface area contributed by atoms with Crippen molar-refractivity contribution >= 4 is 17.5 Å². The van der Waals surface area contributed by atoms with Crippen LogP contribution in [0.4, 0.5) is 5.69 Å². The van der Waals surface area contributed by atoms with Crippen LogP contribution in [0.25, 0.3) is 0 Å². The number of hydrogen-bond donors (Lipinski definition) is 2. The number of piperazine rings is 1. The number of nitrogens with two attached hydrogens (primary N) is 1. The first-order valence-corrected chi connectivity index (χ1v) is 9.99. The number of carbonyl (C=O) groups is 2. The van der Waals surface area contributed by atoms with Gasteiger partial charge in [0.05, 0.1) is 6.10 Å². The van der Waals surface area contributed by atoms with Crippen molar-refractivity contribution in [3.8, 4) is 0 Å². The number of ether oxygens (including phenoxy) is 1. The summed E-state index contributed by atoms with van der Waals surface area (Å²) in [6.07, 6.45) is 0.483. The zero-order valence-electron chi connectivity index (χ0n) is 17.3. The number of nitrogens with zero attached hydrogens (tertiary/aromatic N) is 2. The minimum absolute atomic E-state index is 0.0168. The second-order valence-electron chi connectivity index (χ2n) is 8.47. The average molecular weight is 389 g/mol. The lowest BCUT2D eigenvalue weighted by molar-refractivity contribution is -0.166. The molecule has 1 heterocycles. The molecular weight excluding hydrogens is 356 g/mol. The molecule has 1 aromatic carbocycles. The van der Waals surface area contributed by atoms with Gasteiger partial charge >= 0.3 is 0 Å². The molecule has 2 amide bonds. The van der Waals surface area contributed by atoms with E-state index in [9.17, 15) is 9.59 Å². The van der Waals surface area contributed by atoms with Crippen LogP contribution >= 0.6 is 0 Å². The normalized spacial score (nSPS) is 27.2. The Hall–Kier alpha value is -1.96. The third-order valence-corrected chi connectivity index (χ3v) is 6.42. The molecule has 0 bridgehead atoms. The minimum atomic E-state index is -0.971. The molecule has 1 aliphatic heterocycles. The molecule has 2 atom stereocenters. The number of nitrogens with one attached hydrogen (secondary N) is 1. The lowest BCUT2D eigenvalue weighted by atomic mass is 9.54. The first-order valence-electron chi connectivity index (χ1n) is 9.99. The summed E-state index contributed by atoms with van der Waals surface area (Å²) < 4.78 is 5.69. The predicted octanol–water partition coefficient (Wildman–Crippen LogP) is 1.55. The molecule has 2 unspecified atom stereocenters. The molecule has 0 spiro atoms. The van der Waals surface area contributed by atoms with Gasteiger partial charge in [0.25, 0.3) is 5.91 Å². The van der Waals surface area contributed by atoms with Crippen LogP contribution < -0.4 is 11.1 Å². The second kappa shape index (κ2) is 7.81. The minimum Gasteiger partial charge on any atom is -0.378 e. The molecule has 1 aliphatic carbocycles. The van der Waals surface area contributed by atoms with E-state index in [2.05, 4.69) is 17.3 Å². The molecule has 7 heteroatoms. The van der Waals surface area contributed by atoms with Crippen molar-refractivity contribution in [3.63, 3.8) is 0 Å². The van der Waals surface area contributed by atoms with Gasteiger partial charge in [-0.25, -0.2) is 0 Å². The SMILES string of the molecule is CCOC1CC(N)(C(=O)Nc2ccc(C(=O)N3CCN(C)CC3)cc2)C1(C)C. The van der Waals surface area contributed by atoms with Crippen LogP contribution in [-0.4, -0.2) is 73.1 Å². The maximum Gasteiger partial charge on any atom is 0.253 e. The van der Waals surface area contributed by atoms with Crippen molar-refractivity contribution in [2.75, 3.05) is 45.2 Å². The van der Waals surface area contributed by atoms with Crippen molar-refractivity contribution < 1.29 is 14.3 Å². The van der Waals surface area contributed by atoms with E-state index in [0.29, 0.717) is 24.3 Å². The monoisotopic (exact) mass is 388 g/mol. The Morgan fingerprint density at radius 2 is 1.79 bits per heavy atom. The molecule has 3 N–H and O–H groups in total. The summed E-state index contributed by atoms with van der Waals surface area (Å²) in [4.78, 5) is 29.5. The zero-order chi connectivity index (χ0) is 20.5. The van der Waals surface area contributed by atoms with E-state index in [-0.39, 0.29) is 17.9 Å². The molecule has 0 radical (unpaired) electrons. The van der Waals surface area contributed by atoms with Gasteiger partial charge in [0.2, 0.25) is 5.91 Å². The Balaban J connectivity index is 1.61. The third-order valence-electron chi connectivity index (χ3n) is 6.42. The van der Waals surface area contributed by atoms with Gasteiger partial charge < -0.3 is 25.6 Å². The van der Waals surface area contributed by atoms with Crippen LogP contribution in [0.1, 0.15) is 37.6 Å². The van der Waals surface area contributed by atoms with Crippen LogP contribution in [0.15, 0.2) is 24.3 Å². The highest BCUT2D eigenvalue weighted by Gasteiger charge is 2.62. The topological polar surface area (TPSA) is 87.9 Å². The Morgan fingerprint density at radius 3 is 2.32 bits per heavy atom. The molecule has 154 valence electrons. The van der Waals surface area contributed by atoms with E-state index < -0.39 is 11.0 Å². The summed E-state index contributed by atoms with van der Waals surface area (Å²) in [6.45, 7) is 9.72. The lowest BCUT2D eigenvalue weighted by Gasteiger charge is -2.57. The van der Waals surface area contributed by atoms with Gasteiger partial charge in [0.15, 0.2) is 0 Å². The highest BCUT2D eigenvalue weighted by Crippen LogP contribution is 2.50. The fourth-order valence-electron chi connectivity index (χ4n) is 3.95. The molecule has 28 heavy (non-hydrogen) atoms. The highest BCUT2D eigenvalue weighted by molar-refractivity contribution is 6.00. The van der Waals surface area contributed by atoms with E-state index in [1.165, 1.54) is 0 Å². The molecule has 7 nitrogen and oxygen atoms in total. The van der Waals surface area contributed by atoms with Gasteiger partial charge in [-0.05, 0) is 38.2 Å². The van der Waals surface area contributed by atoms with E-state index >= 15 is 0 Å². The first-order chi connectivity index (χ1) is 13.2. The van der Waals surface area contributed by atoms with Crippen LogP contribution in [0.5, 0.6) is 0 Å². The molecule has 2 aliphatic rings. The maximum atomic E-state index is 12.8.